The van der Waals surface area contributed by atoms with Gasteiger partial charge in [-0.15, -0.1) is 0 Å². The third kappa shape index (κ3) is 4.18. The average molecular weight is 410 g/mol. The molecule has 0 radical (unpaired) electrons. The molecule has 0 aliphatic carbocycles. The number of benzene rings is 1. The number of ketones is 1. The molecule has 0 spiro atoms. The van der Waals surface area contributed by atoms with Crippen molar-refractivity contribution in [3.63, 3.8) is 0 Å². The predicted octanol–water partition coefficient (Wildman–Crippen LogP) is 2.15. The van der Waals surface area contributed by atoms with Gasteiger partial charge in [0.1, 0.15) is 17.6 Å². The van der Waals surface area contributed by atoms with Crippen molar-refractivity contribution in [1.82, 2.24) is 0 Å². The topological polar surface area (TPSA) is 108 Å². The van der Waals surface area contributed by atoms with E-state index in [1.165, 1.54) is 6.20 Å². The molecule has 1 saturated heterocycles. The van der Waals surface area contributed by atoms with Gasteiger partial charge in [-0.25, -0.2) is 18.0 Å². The number of carbonyl (C=O) groups is 2. The van der Waals surface area contributed by atoms with Gasteiger partial charge in [-0.1, -0.05) is 0 Å². The molecule has 1 unspecified atom stereocenters. The number of cyclic esters (lactones) is 1. The minimum Gasteiger partial charge on any atom is -0.515 e. The number of allylic oxidation sites excluding steroid dienone is 1. The Labute approximate surface area is 163 Å². The number of aliphatic hydroxyl groups excluding tert-OH is 1. The fourth-order valence-electron chi connectivity index (χ4n) is 2.93. The molecule has 1 atom stereocenters. The van der Waals surface area contributed by atoms with E-state index in [1.54, 1.807) is 0 Å². The molecule has 2 aliphatic heterocycles. The Balaban J connectivity index is 1.84. The summed E-state index contributed by atoms with van der Waals surface area (Å²) in [6.07, 6.45) is 2.34. The molecule has 0 saturated carbocycles. The molecule has 1 aromatic carbocycles. The number of amidine groups is 1. The maximum Gasteiger partial charge on any atom is 0.414 e. The van der Waals surface area contributed by atoms with Gasteiger partial charge in [-0.05, 0) is 6.08 Å². The van der Waals surface area contributed by atoms with Crippen LogP contribution in [0.5, 0.6) is 0 Å². The first-order chi connectivity index (χ1) is 13.8. The normalized spacial score (nSPS) is 20.1. The molecular weight excluding hydrogens is 393 g/mol. The molecule has 29 heavy (non-hydrogen) atoms. The van der Waals surface area contributed by atoms with Crippen molar-refractivity contribution >= 4 is 29.1 Å². The van der Waals surface area contributed by atoms with E-state index in [4.69, 9.17) is 15.6 Å². The number of nitrogens with zero attached hydrogens (tertiary/aromatic N) is 3. The van der Waals surface area contributed by atoms with E-state index in [9.17, 15) is 22.8 Å². The van der Waals surface area contributed by atoms with Gasteiger partial charge < -0.3 is 20.5 Å². The Hall–Kier alpha value is -3.50. The van der Waals surface area contributed by atoms with Gasteiger partial charge in [0, 0.05) is 31.3 Å². The summed E-state index contributed by atoms with van der Waals surface area (Å²) in [5.41, 5.74) is 4.20. The lowest BCUT2D eigenvalue weighted by atomic mass is 10.1. The maximum atomic E-state index is 14.6. The molecule has 11 heteroatoms. The van der Waals surface area contributed by atoms with E-state index >= 15 is 0 Å². The lowest BCUT2D eigenvalue weighted by molar-refractivity contribution is -0.114. The number of amides is 1. The third-order valence-electron chi connectivity index (χ3n) is 4.33. The van der Waals surface area contributed by atoms with Crippen molar-refractivity contribution < 1.29 is 32.6 Å². The highest BCUT2D eigenvalue weighted by atomic mass is 19.2. The van der Waals surface area contributed by atoms with Crippen LogP contribution in [0.4, 0.5) is 29.3 Å². The molecule has 8 nitrogen and oxygen atoms in total. The molecule has 1 aromatic rings. The van der Waals surface area contributed by atoms with Crippen LogP contribution in [0.15, 0.2) is 35.7 Å². The summed E-state index contributed by atoms with van der Waals surface area (Å²) in [5, 5.41) is 8.60. The first kappa shape index (κ1) is 20.2. The standard InChI is InChI=1S/C18H17F3N4O4/c19-12-7-13(15(20)16(21)17(12)24-4-1-10(27)2-5-24)25-9-11(29-18(25)28)8-23-14(22)3-6-26/h1,3-4,6-7,11,26H,2,5,8-9H2,(H2,22,23)/b6-3-. The first-order valence-electron chi connectivity index (χ1n) is 8.55. The van der Waals surface area contributed by atoms with Crippen LogP contribution < -0.4 is 15.5 Å². The number of carbonyl (C=O) groups excluding carboxylic acids is 2. The van der Waals surface area contributed by atoms with Crippen molar-refractivity contribution in [3.05, 3.63) is 48.1 Å². The number of rotatable bonds is 5. The van der Waals surface area contributed by atoms with Crippen LogP contribution in [0.1, 0.15) is 6.42 Å². The van der Waals surface area contributed by atoms with Crippen LogP contribution in [0.2, 0.25) is 0 Å². The van der Waals surface area contributed by atoms with Crippen LogP contribution in [0, 0.1) is 17.5 Å². The average Bonchev–Trinajstić information content (AvgIpc) is 3.05. The highest BCUT2D eigenvalue weighted by Gasteiger charge is 2.36. The van der Waals surface area contributed by atoms with Crippen molar-refractivity contribution in [2.75, 3.05) is 29.4 Å². The Morgan fingerprint density at radius 2 is 2.10 bits per heavy atom. The van der Waals surface area contributed by atoms with Gasteiger partial charge in [-0.2, -0.15) is 0 Å². The quantitative estimate of drug-likeness (QED) is 0.333. The van der Waals surface area contributed by atoms with Gasteiger partial charge >= 0.3 is 6.09 Å². The number of nitrogens with two attached hydrogens (primary N) is 1. The number of aliphatic hydroxyl groups is 1. The smallest absolute Gasteiger partial charge is 0.414 e. The lowest BCUT2D eigenvalue weighted by Crippen LogP contribution is -2.29. The fraction of sp³-hybridized carbons (Fsp3) is 0.278. The van der Waals surface area contributed by atoms with Crippen LogP contribution in [-0.2, 0) is 9.53 Å². The highest BCUT2D eigenvalue weighted by Crippen LogP contribution is 2.35. The molecule has 2 aliphatic rings. The summed E-state index contributed by atoms with van der Waals surface area (Å²) in [6.45, 7) is -0.293. The van der Waals surface area contributed by atoms with Crippen molar-refractivity contribution in [2.45, 2.75) is 12.5 Å². The monoisotopic (exact) mass is 410 g/mol. The minimum atomic E-state index is -1.48. The van der Waals surface area contributed by atoms with E-state index < -0.39 is 41.0 Å². The zero-order valence-corrected chi connectivity index (χ0v) is 15.0. The van der Waals surface area contributed by atoms with Crippen LogP contribution in [0.3, 0.4) is 0 Å². The maximum absolute atomic E-state index is 14.6. The second-order valence-electron chi connectivity index (χ2n) is 6.28. The molecule has 1 fully saturated rings. The van der Waals surface area contributed by atoms with Gasteiger partial charge in [0.25, 0.3) is 0 Å². The number of hydrogen-bond donors (Lipinski definition) is 2. The lowest BCUT2D eigenvalue weighted by Gasteiger charge is -2.25. The first-order valence-corrected chi connectivity index (χ1v) is 8.55. The second kappa shape index (κ2) is 8.25. The van der Waals surface area contributed by atoms with Gasteiger partial charge in [0.15, 0.2) is 23.2 Å². The molecule has 2 heterocycles. The van der Waals surface area contributed by atoms with Crippen LogP contribution in [-0.4, -0.2) is 48.6 Å². The molecule has 0 aromatic heterocycles. The van der Waals surface area contributed by atoms with Crippen molar-refractivity contribution in [2.24, 2.45) is 10.7 Å². The molecule has 154 valence electrons. The van der Waals surface area contributed by atoms with E-state index in [0.29, 0.717) is 12.3 Å². The summed E-state index contributed by atoms with van der Waals surface area (Å²) >= 11 is 0. The van der Waals surface area contributed by atoms with Gasteiger partial charge in [0.05, 0.1) is 25.0 Å². The Morgan fingerprint density at radius 1 is 1.34 bits per heavy atom. The predicted molar refractivity (Wildman–Crippen MR) is 98.3 cm³/mol. The number of ether oxygens (including phenoxy) is 1. The summed E-state index contributed by atoms with van der Waals surface area (Å²) in [7, 11) is 0. The molecule has 1 amide bonds. The third-order valence-corrected chi connectivity index (χ3v) is 4.33. The van der Waals surface area contributed by atoms with Gasteiger partial charge in [0.2, 0.25) is 0 Å². The molecule has 3 N–H and O–H groups in total. The Morgan fingerprint density at radius 3 is 2.76 bits per heavy atom. The van der Waals surface area contributed by atoms with E-state index in [-0.39, 0.29) is 37.7 Å². The SMILES string of the molecule is NC(/C=C\O)=NCC1CN(c2cc(F)c(N3C=CC(=O)CC3)c(F)c2F)C(=O)O1. The summed E-state index contributed by atoms with van der Waals surface area (Å²) in [5.74, 6) is -4.23. The van der Waals surface area contributed by atoms with Crippen molar-refractivity contribution in [3.8, 4) is 0 Å². The molecular formula is C18H17F3N4O4. The van der Waals surface area contributed by atoms with E-state index in [0.717, 1.165) is 22.0 Å². The minimum absolute atomic E-state index is 0.00248. The van der Waals surface area contributed by atoms with Crippen molar-refractivity contribution in [1.29, 1.82) is 0 Å². The van der Waals surface area contributed by atoms with E-state index in [1.807, 2.05) is 0 Å². The summed E-state index contributed by atoms with van der Waals surface area (Å²) in [6, 6.07) is 0.702. The van der Waals surface area contributed by atoms with Gasteiger partial charge in [-0.3, -0.25) is 14.7 Å². The Bertz CT molecular complexity index is 932. The highest BCUT2D eigenvalue weighted by molar-refractivity contribution is 5.93. The number of aliphatic imine (C=N–C) groups is 1. The summed E-state index contributed by atoms with van der Waals surface area (Å²) in [4.78, 5) is 29.0. The Kier molecular flexibility index (Phi) is 5.76. The zero-order chi connectivity index (χ0) is 21.1. The molecule has 3 rings (SSSR count). The fourth-order valence-corrected chi connectivity index (χ4v) is 2.93. The zero-order valence-electron chi connectivity index (χ0n) is 15.0. The largest absolute Gasteiger partial charge is 0.515 e. The number of halogens is 3. The van der Waals surface area contributed by atoms with Crippen LogP contribution in [0.25, 0.3) is 0 Å². The number of hydrogen-bond acceptors (Lipinski definition) is 6. The second-order valence-corrected chi connectivity index (χ2v) is 6.28. The van der Waals surface area contributed by atoms with E-state index in [2.05, 4.69) is 4.99 Å². The molecule has 0 bridgehead atoms. The van der Waals surface area contributed by atoms with Crippen LogP contribution >= 0.6 is 0 Å². The number of anilines is 2. The summed E-state index contributed by atoms with van der Waals surface area (Å²) < 4.78 is 48.8.